The maximum Gasteiger partial charge on any atom is 0.276 e. The predicted molar refractivity (Wildman–Crippen MR) is 92.2 cm³/mol. The van der Waals surface area contributed by atoms with Crippen molar-refractivity contribution in [2.45, 2.75) is 19.1 Å². The fourth-order valence-electron chi connectivity index (χ4n) is 3.15. The Hall–Kier alpha value is -2.80. The normalized spacial score (nSPS) is 17.3. The maximum atomic E-state index is 12.5. The molecule has 1 aliphatic rings. The quantitative estimate of drug-likeness (QED) is 0.725. The number of amides is 1. The highest BCUT2D eigenvalue weighted by Crippen LogP contribution is 2.16. The van der Waals surface area contributed by atoms with Gasteiger partial charge in [-0.25, -0.2) is 4.68 Å². The molecule has 0 radical (unpaired) electrons. The van der Waals surface area contributed by atoms with Gasteiger partial charge in [0.15, 0.2) is 5.69 Å². The molecule has 0 saturated carbocycles. The van der Waals surface area contributed by atoms with Crippen LogP contribution in [0.25, 0.3) is 10.9 Å². The summed E-state index contributed by atoms with van der Waals surface area (Å²) in [6.07, 6.45) is 4.46. The first kappa shape index (κ1) is 15.7. The Morgan fingerprint density at radius 1 is 1.36 bits per heavy atom. The second kappa shape index (κ2) is 6.60. The van der Waals surface area contributed by atoms with Gasteiger partial charge in [-0.2, -0.15) is 0 Å². The molecule has 3 aromatic rings. The Morgan fingerprint density at radius 2 is 2.28 bits per heavy atom. The zero-order chi connectivity index (χ0) is 17.2. The molecule has 7 nitrogen and oxygen atoms in total. The molecule has 0 bridgehead atoms. The number of likely N-dealkylation sites (tertiary alicyclic amines) is 1. The van der Waals surface area contributed by atoms with Crippen molar-refractivity contribution in [2.24, 2.45) is 0 Å². The molecule has 1 aromatic carbocycles. The lowest BCUT2D eigenvalue weighted by Gasteiger charge is -2.13. The average Bonchev–Trinajstić information content (AvgIpc) is 3.30. The van der Waals surface area contributed by atoms with Crippen LogP contribution in [0.4, 0.5) is 0 Å². The first-order chi connectivity index (χ1) is 12.2. The van der Waals surface area contributed by atoms with Gasteiger partial charge in [-0.15, -0.1) is 5.10 Å². The summed E-state index contributed by atoms with van der Waals surface area (Å²) in [5.41, 5.74) is 2.42. The van der Waals surface area contributed by atoms with Gasteiger partial charge < -0.3 is 9.64 Å². The summed E-state index contributed by atoms with van der Waals surface area (Å²) in [5, 5.41) is 9.22. The number of nitrogens with zero attached hydrogens (tertiary/aromatic N) is 5. The summed E-state index contributed by atoms with van der Waals surface area (Å²) in [7, 11) is 1.67. The van der Waals surface area contributed by atoms with Crippen LogP contribution >= 0.6 is 0 Å². The molecule has 2 aromatic heterocycles. The third-order valence-electron chi connectivity index (χ3n) is 4.54. The van der Waals surface area contributed by atoms with Crippen LogP contribution in [-0.4, -0.2) is 57.1 Å². The summed E-state index contributed by atoms with van der Waals surface area (Å²) in [5.74, 6) is -0.0893. The number of hydrogen-bond acceptors (Lipinski definition) is 5. The lowest BCUT2D eigenvalue weighted by atomic mass is 10.1. The van der Waals surface area contributed by atoms with Crippen LogP contribution in [0.3, 0.4) is 0 Å². The summed E-state index contributed by atoms with van der Waals surface area (Å²) >= 11 is 0. The Bertz CT molecular complexity index is 907. The minimum absolute atomic E-state index is 0.0893. The Morgan fingerprint density at radius 3 is 3.12 bits per heavy atom. The van der Waals surface area contributed by atoms with Gasteiger partial charge in [-0.05, 0) is 30.2 Å². The highest BCUT2D eigenvalue weighted by molar-refractivity contribution is 5.92. The largest absolute Gasteiger partial charge is 0.380 e. The minimum Gasteiger partial charge on any atom is -0.380 e. The van der Waals surface area contributed by atoms with Gasteiger partial charge >= 0.3 is 0 Å². The number of fused-ring (bicyclic) bond motifs is 1. The number of rotatable bonds is 4. The number of hydrogen-bond donors (Lipinski definition) is 0. The van der Waals surface area contributed by atoms with Crippen molar-refractivity contribution in [3.63, 3.8) is 0 Å². The monoisotopic (exact) mass is 337 g/mol. The molecule has 0 spiro atoms. The van der Waals surface area contributed by atoms with Crippen molar-refractivity contribution >= 4 is 16.8 Å². The third-order valence-corrected chi connectivity index (χ3v) is 4.54. The molecule has 128 valence electrons. The van der Waals surface area contributed by atoms with Crippen LogP contribution in [0.2, 0.25) is 0 Å². The average molecular weight is 337 g/mol. The van der Waals surface area contributed by atoms with E-state index in [1.807, 2.05) is 24.3 Å². The molecule has 1 atom stereocenters. The zero-order valence-electron chi connectivity index (χ0n) is 14.0. The van der Waals surface area contributed by atoms with Gasteiger partial charge in [0.2, 0.25) is 0 Å². The molecule has 1 aliphatic heterocycles. The van der Waals surface area contributed by atoms with E-state index in [0.717, 1.165) is 22.9 Å². The van der Waals surface area contributed by atoms with E-state index in [1.54, 1.807) is 29.1 Å². The van der Waals surface area contributed by atoms with E-state index in [0.29, 0.717) is 25.3 Å². The van der Waals surface area contributed by atoms with Crippen LogP contribution < -0.4 is 0 Å². The van der Waals surface area contributed by atoms with Crippen molar-refractivity contribution in [2.75, 3.05) is 20.2 Å². The first-order valence-corrected chi connectivity index (χ1v) is 8.29. The van der Waals surface area contributed by atoms with E-state index in [1.165, 1.54) is 0 Å². The number of pyridine rings is 1. The summed E-state index contributed by atoms with van der Waals surface area (Å²) in [6, 6.07) is 10.0. The van der Waals surface area contributed by atoms with E-state index >= 15 is 0 Å². The highest BCUT2D eigenvalue weighted by atomic mass is 16.5. The molecule has 1 saturated heterocycles. The molecule has 1 unspecified atom stereocenters. The molecule has 1 amide bonds. The number of ether oxygens (including phenoxy) is 1. The first-order valence-electron chi connectivity index (χ1n) is 8.29. The fraction of sp³-hybridized carbons (Fsp3) is 0.333. The molecule has 3 heterocycles. The number of aromatic nitrogens is 4. The summed E-state index contributed by atoms with van der Waals surface area (Å²) in [4.78, 5) is 18.6. The van der Waals surface area contributed by atoms with E-state index in [-0.39, 0.29) is 12.0 Å². The second-order valence-corrected chi connectivity index (χ2v) is 6.23. The molecule has 0 aliphatic carbocycles. The number of carbonyl (C=O) groups is 1. The molecular formula is C18H19N5O2. The SMILES string of the molecule is COC1CCN(C(=O)c2cn(Cc3ccc4ncccc4c3)nn2)C1. The lowest BCUT2D eigenvalue weighted by molar-refractivity contribution is 0.0719. The smallest absolute Gasteiger partial charge is 0.276 e. The van der Waals surface area contributed by atoms with Crippen LogP contribution in [0.1, 0.15) is 22.5 Å². The summed E-state index contributed by atoms with van der Waals surface area (Å²) in [6.45, 7) is 1.87. The summed E-state index contributed by atoms with van der Waals surface area (Å²) < 4.78 is 7.00. The molecule has 0 N–H and O–H groups in total. The van der Waals surface area contributed by atoms with Crippen molar-refractivity contribution in [3.05, 3.63) is 54.0 Å². The number of carbonyl (C=O) groups excluding carboxylic acids is 1. The molecular weight excluding hydrogens is 318 g/mol. The van der Waals surface area contributed by atoms with Gasteiger partial charge in [0.05, 0.1) is 24.4 Å². The highest BCUT2D eigenvalue weighted by Gasteiger charge is 2.28. The van der Waals surface area contributed by atoms with Gasteiger partial charge in [-0.3, -0.25) is 9.78 Å². The number of benzene rings is 1. The van der Waals surface area contributed by atoms with E-state index in [9.17, 15) is 4.79 Å². The number of methoxy groups -OCH3 is 1. The lowest BCUT2D eigenvalue weighted by Crippen LogP contribution is -2.30. The van der Waals surface area contributed by atoms with Crippen LogP contribution in [0, 0.1) is 0 Å². The van der Waals surface area contributed by atoms with E-state index in [2.05, 4.69) is 21.4 Å². The van der Waals surface area contributed by atoms with Crippen molar-refractivity contribution in [1.29, 1.82) is 0 Å². The van der Waals surface area contributed by atoms with Crippen LogP contribution in [0.5, 0.6) is 0 Å². The standard InChI is InChI=1S/C18H19N5O2/c1-25-15-6-8-22(11-15)18(24)17-12-23(21-20-17)10-13-4-5-16-14(9-13)3-2-7-19-16/h2-5,7,9,12,15H,6,8,10-11H2,1H3. The Kier molecular flexibility index (Phi) is 4.15. The third kappa shape index (κ3) is 3.23. The predicted octanol–water partition coefficient (Wildman–Crippen LogP) is 1.74. The molecule has 4 rings (SSSR count). The Balaban J connectivity index is 1.48. The van der Waals surface area contributed by atoms with Crippen molar-refractivity contribution in [1.82, 2.24) is 24.9 Å². The van der Waals surface area contributed by atoms with Gasteiger partial charge in [0, 0.05) is 31.8 Å². The topological polar surface area (TPSA) is 73.1 Å². The minimum atomic E-state index is -0.0893. The van der Waals surface area contributed by atoms with Crippen molar-refractivity contribution < 1.29 is 9.53 Å². The molecule has 25 heavy (non-hydrogen) atoms. The fourth-order valence-corrected chi connectivity index (χ4v) is 3.15. The van der Waals surface area contributed by atoms with Crippen LogP contribution in [0.15, 0.2) is 42.7 Å². The second-order valence-electron chi connectivity index (χ2n) is 6.23. The maximum absolute atomic E-state index is 12.5. The van der Waals surface area contributed by atoms with Crippen LogP contribution in [-0.2, 0) is 11.3 Å². The Labute approximate surface area is 145 Å². The molecule has 7 heteroatoms. The van der Waals surface area contributed by atoms with E-state index < -0.39 is 0 Å². The van der Waals surface area contributed by atoms with Crippen molar-refractivity contribution in [3.8, 4) is 0 Å². The van der Waals surface area contributed by atoms with Gasteiger partial charge in [-0.1, -0.05) is 17.3 Å². The zero-order valence-corrected chi connectivity index (χ0v) is 14.0. The van der Waals surface area contributed by atoms with E-state index in [4.69, 9.17) is 4.74 Å². The van der Waals surface area contributed by atoms with Gasteiger partial charge in [0.25, 0.3) is 5.91 Å². The van der Waals surface area contributed by atoms with Gasteiger partial charge in [0.1, 0.15) is 0 Å². The molecule has 1 fully saturated rings.